The van der Waals surface area contributed by atoms with Crippen molar-refractivity contribution in [2.24, 2.45) is 0 Å². The molecule has 0 unspecified atom stereocenters. The quantitative estimate of drug-likeness (QED) is 0.809. The van der Waals surface area contributed by atoms with Gasteiger partial charge in [-0.1, -0.05) is 17.8 Å². The minimum absolute atomic E-state index is 0.226. The fraction of sp³-hybridized carbons (Fsp3) is 0.235. The van der Waals surface area contributed by atoms with Gasteiger partial charge in [-0.05, 0) is 35.9 Å². The van der Waals surface area contributed by atoms with Crippen LogP contribution in [0.3, 0.4) is 0 Å². The van der Waals surface area contributed by atoms with Crippen LogP contribution in [0.5, 0.6) is 5.75 Å². The predicted octanol–water partition coefficient (Wildman–Crippen LogP) is 3.64. The van der Waals surface area contributed by atoms with Crippen LogP contribution in [0.15, 0.2) is 46.2 Å². The van der Waals surface area contributed by atoms with Crippen molar-refractivity contribution in [1.82, 2.24) is 0 Å². The highest BCUT2D eigenvalue weighted by atomic mass is 32.2. The molecule has 2 aromatic rings. The number of carbonyl (C=O) groups excluding carboxylic acids is 1. The molecule has 0 radical (unpaired) electrons. The summed E-state index contributed by atoms with van der Waals surface area (Å²) >= 11 is 1.69. The van der Waals surface area contributed by atoms with E-state index >= 15 is 0 Å². The fourth-order valence-electron chi connectivity index (χ4n) is 2.49. The maximum Gasteiger partial charge on any atom is 0.309 e. The third-order valence-corrected chi connectivity index (χ3v) is 4.80. The average molecular weight is 315 g/mol. The summed E-state index contributed by atoms with van der Waals surface area (Å²) in [6, 6.07) is 12.1. The Morgan fingerprint density at radius 3 is 2.45 bits per heavy atom. The van der Waals surface area contributed by atoms with Gasteiger partial charge in [0.15, 0.2) is 0 Å². The van der Waals surface area contributed by atoms with Gasteiger partial charge in [0.25, 0.3) is 0 Å². The summed E-state index contributed by atoms with van der Waals surface area (Å²) < 4.78 is 10.0. The molecule has 0 aromatic heterocycles. The van der Waals surface area contributed by atoms with E-state index in [-0.39, 0.29) is 5.97 Å². The summed E-state index contributed by atoms with van der Waals surface area (Å²) in [5.74, 6) is 0.616. The molecular formula is C17H17NO3S. The maximum atomic E-state index is 11.4. The van der Waals surface area contributed by atoms with Gasteiger partial charge < -0.3 is 14.4 Å². The molecule has 0 saturated carbocycles. The van der Waals surface area contributed by atoms with Gasteiger partial charge in [-0.25, -0.2) is 0 Å². The molecule has 1 aliphatic heterocycles. The Balaban J connectivity index is 1.96. The number of hydrogen-bond acceptors (Lipinski definition) is 5. The summed E-state index contributed by atoms with van der Waals surface area (Å²) in [7, 11) is 5.12. The largest absolute Gasteiger partial charge is 0.497 e. The highest BCUT2D eigenvalue weighted by Crippen LogP contribution is 2.48. The van der Waals surface area contributed by atoms with Crippen molar-refractivity contribution >= 4 is 29.1 Å². The smallest absolute Gasteiger partial charge is 0.309 e. The highest BCUT2D eigenvalue weighted by Gasteiger charge is 2.21. The van der Waals surface area contributed by atoms with E-state index < -0.39 is 0 Å². The first-order valence-corrected chi connectivity index (χ1v) is 7.73. The third-order valence-electron chi connectivity index (χ3n) is 3.71. The molecule has 0 fully saturated rings. The monoisotopic (exact) mass is 315 g/mol. The Morgan fingerprint density at radius 2 is 1.77 bits per heavy atom. The van der Waals surface area contributed by atoms with Gasteiger partial charge in [0.2, 0.25) is 0 Å². The molecule has 1 heterocycles. The van der Waals surface area contributed by atoms with Crippen LogP contribution in [0.2, 0.25) is 0 Å². The Bertz CT molecular complexity index is 730. The van der Waals surface area contributed by atoms with Crippen LogP contribution in [0.25, 0.3) is 0 Å². The van der Waals surface area contributed by atoms with Crippen molar-refractivity contribution in [1.29, 1.82) is 0 Å². The number of benzene rings is 2. The van der Waals surface area contributed by atoms with Gasteiger partial charge >= 0.3 is 5.97 Å². The van der Waals surface area contributed by atoms with Crippen molar-refractivity contribution in [3.05, 3.63) is 42.0 Å². The molecule has 0 bridgehead atoms. The predicted molar refractivity (Wildman–Crippen MR) is 87.3 cm³/mol. The number of rotatable bonds is 3. The maximum absolute atomic E-state index is 11.4. The lowest BCUT2D eigenvalue weighted by Crippen LogP contribution is -2.15. The van der Waals surface area contributed by atoms with Gasteiger partial charge in [0.05, 0.1) is 32.0 Å². The lowest BCUT2D eigenvalue weighted by Gasteiger charge is -2.30. The number of nitrogens with zero attached hydrogens (tertiary/aromatic N) is 1. The summed E-state index contributed by atoms with van der Waals surface area (Å²) in [4.78, 5) is 15.9. The van der Waals surface area contributed by atoms with Crippen LogP contribution < -0.4 is 9.64 Å². The normalized spacial score (nSPS) is 12.4. The molecule has 0 saturated heterocycles. The Kier molecular flexibility index (Phi) is 3.98. The van der Waals surface area contributed by atoms with E-state index in [1.165, 1.54) is 7.11 Å². The molecule has 0 aliphatic carbocycles. The van der Waals surface area contributed by atoms with Gasteiger partial charge in [-0.3, -0.25) is 4.79 Å². The SMILES string of the molecule is COC(=O)Cc1ccc2c(c1)Sc1cc(OC)ccc1N2C. The van der Waals surface area contributed by atoms with Crippen LogP contribution in [0, 0.1) is 0 Å². The number of ether oxygens (including phenoxy) is 2. The third kappa shape index (κ3) is 2.64. The fourth-order valence-corrected chi connectivity index (χ4v) is 3.74. The first kappa shape index (κ1) is 14.8. The molecule has 0 spiro atoms. The minimum Gasteiger partial charge on any atom is -0.497 e. The molecule has 4 nitrogen and oxygen atoms in total. The standard InChI is InChI=1S/C17H17NO3S/c1-18-13-6-4-11(9-17(19)21-3)8-15(13)22-16-10-12(20-2)5-7-14(16)18/h4-8,10H,9H2,1-3H3. The molecule has 2 aromatic carbocycles. The lowest BCUT2D eigenvalue weighted by molar-refractivity contribution is -0.139. The van der Waals surface area contributed by atoms with Gasteiger partial charge in [0, 0.05) is 16.8 Å². The lowest BCUT2D eigenvalue weighted by atomic mass is 10.1. The summed E-state index contributed by atoms with van der Waals surface area (Å²) in [6.07, 6.45) is 0.291. The molecule has 22 heavy (non-hydrogen) atoms. The van der Waals surface area contributed by atoms with E-state index in [0.717, 1.165) is 32.5 Å². The second-order valence-corrected chi connectivity index (χ2v) is 6.13. The number of hydrogen-bond donors (Lipinski definition) is 0. The van der Waals surface area contributed by atoms with E-state index in [0.29, 0.717) is 6.42 Å². The van der Waals surface area contributed by atoms with Crippen molar-refractivity contribution in [2.75, 3.05) is 26.2 Å². The van der Waals surface area contributed by atoms with Crippen LogP contribution in [0.1, 0.15) is 5.56 Å². The molecule has 114 valence electrons. The Morgan fingerprint density at radius 1 is 1.09 bits per heavy atom. The topological polar surface area (TPSA) is 38.8 Å². The molecule has 0 atom stereocenters. The Labute approximate surface area is 134 Å². The average Bonchev–Trinajstić information content (AvgIpc) is 2.54. The van der Waals surface area contributed by atoms with Gasteiger partial charge in [0.1, 0.15) is 5.75 Å². The van der Waals surface area contributed by atoms with Crippen LogP contribution in [-0.4, -0.2) is 27.2 Å². The first-order chi connectivity index (χ1) is 10.6. The van der Waals surface area contributed by atoms with Crippen molar-refractivity contribution in [3.8, 4) is 5.75 Å². The number of methoxy groups -OCH3 is 2. The minimum atomic E-state index is -0.226. The van der Waals surface area contributed by atoms with Crippen molar-refractivity contribution in [2.45, 2.75) is 16.2 Å². The van der Waals surface area contributed by atoms with E-state index in [2.05, 4.69) is 17.0 Å². The highest BCUT2D eigenvalue weighted by molar-refractivity contribution is 7.99. The second-order valence-electron chi connectivity index (χ2n) is 5.05. The number of anilines is 2. The Hall–Kier alpha value is -2.14. The van der Waals surface area contributed by atoms with Gasteiger partial charge in [-0.2, -0.15) is 0 Å². The number of fused-ring (bicyclic) bond motifs is 2. The van der Waals surface area contributed by atoms with Gasteiger partial charge in [-0.15, -0.1) is 0 Å². The zero-order chi connectivity index (χ0) is 15.7. The number of esters is 1. The van der Waals surface area contributed by atoms with Crippen LogP contribution in [-0.2, 0) is 16.0 Å². The number of carbonyl (C=O) groups is 1. The second kappa shape index (κ2) is 5.93. The molecule has 0 amide bonds. The molecule has 1 aliphatic rings. The molecule has 0 N–H and O–H groups in total. The molecule has 3 rings (SSSR count). The summed E-state index contributed by atoms with van der Waals surface area (Å²) in [5, 5.41) is 0. The van der Waals surface area contributed by atoms with Crippen molar-refractivity contribution in [3.63, 3.8) is 0 Å². The van der Waals surface area contributed by atoms with Crippen LogP contribution in [0.4, 0.5) is 11.4 Å². The van der Waals surface area contributed by atoms with E-state index in [4.69, 9.17) is 9.47 Å². The zero-order valence-electron chi connectivity index (χ0n) is 12.8. The molecule has 5 heteroatoms. The summed E-state index contributed by atoms with van der Waals surface area (Å²) in [6.45, 7) is 0. The van der Waals surface area contributed by atoms with E-state index in [9.17, 15) is 4.79 Å². The molecular weight excluding hydrogens is 298 g/mol. The zero-order valence-corrected chi connectivity index (χ0v) is 13.6. The van der Waals surface area contributed by atoms with E-state index in [1.807, 2.05) is 31.3 Å². The first-order valence-electron chi connectivity index (χ1n) is 6.91. The van der Waals surface area contributed by atoms with Crippen molar-refractivity contribution < 1.29 is 14.3 Å². The van der Waals surface area contributed by atoms with E-state index in [1.54, 1.807) is 18.9 Å². The van der Waals surface area contributed by atoms with Crippen LogP contribution >= 0.6 is 11.8 Å². The summed E-state index contributed by atoms with van der Waals surface area (Å²) in [5.41, 5.74) is 3.24.